The van der Waals surface area contributed by atoms with E-state index in [2.05, 4.69) is 10.0 Å². The second kappa shape index (κ2) is 5.16. The molecule has 1 aromatic carbocycles. The zero-order chi connectivity index (χ0) is 16.7. The summed E-state index contributed by atoms with van der Waals surface area (Å²) in [5, 5.41) is 9.06. The predicted octanol–water partition coefficient (Wildman–Crippen LogP) is 2.44. The van der Waals surface area contributed by atoms with Crippen molar-refractivity contribution in [2.24, 2.45) is 5.50 Å². The third-order valence-electron chi connectivity index (χ3n) is 2.33. The van der Waals surface area contributed by atoms with Crippen LogP contribution in [0.3, 0.4) is 0 Å². The van der Waals surface area contributed by atoms with Crippen LogP contribution in [-0.4, -0.2) is 22.4 Å². The minimum Gasteiger partial charge on any atom is -0.413 e. The standard InChI is InChI=1S/C9H8F6NO4P/c10-8(11,12)7(17,9(13,14)15)5-1-3-6(4-2-5)20-21(16,18)19/h1-4,17H,(H3,16,18,19). The molecule has 1 rings (SSSR count). The molecule has 12 heteroatoms. The number of nitrogens with two attached hydrogens (primary N) is 1. The molecule has 1 aromatic rings. The Kier molecular flexibility index (Phi) is 4.37. The summed E-state index contributed by atoms with van der Waals surface area (Å²) >= 11 is 0. The average Bonchev–Trinajstić information content (AvgIpc) is 2.23. The largest absolute Gasteiger partial charge is 0.453 e. The molecule has 4 N–H and O–H groups in total. The van der Waals surface area contributed by atoms with E-state index in [1.165, 1.54) is 0 Å². The van der Waals surface area contributed by atoms with Crippen molar-refractivity contribution in [3.63, 3.8) is 0 Å². The quantitative estimate of drug-likeness (QED) is 0.581. The first-order chi connectivity index (χ1) is 9.18. The molecule has 1 atom stereocenters. The molecule has 0 aromatic heterocycles. The normalized spacial score (nSPS) is 16.4. The highest BCUT2D eigenvalue weighted by atomic mass is 31.2. The van der Waals surface area contributed by atoms with Crippen molar-refractivity contribution in [2.45, 2.75) is 18.0 Å². The Hall–Kier alpha value is -1.29. The van der Waals surface area contributed by atoms with E-state index in [1.807, 2.05) is 0 Å². The van der Waals surface area contributed by atoms with Crippen LogP contribution in [0.15, 0.2) is 24.3 Å². The monoisotopic (exact) mass is 339 g/mol. The highest BCUT2D eigenvalue weighted by Crippen LogP contribution is 2.50. The Morgan fingerprint density at radius 1 is 1.00 bits per heavy atom. The molecule has 0 radical (unpaired) electrons. The summed E-state index contributed by atoms with van der Waals surface area (Å²) in [5.41, 5.74) is -2.00. The Balaban J connectivity index is 3.27. The van der Waals surface area contributed by atoms with Gasteiger partial charge in [0.15, 0.2) is 0 Å². The van der Waals surface area contributed by atoms with Crippen LogP contribution in [-0.2, 0) is 10.2 Å². The third-order valence-corrected chi connectivity index (χ3v) is 2.80. The van der Waals surface area contributed by atoms with Crippen molar-refractivity contribution in [3.05, 3.63) is 29.8 Å². The molecule has 0 saturated heterocycles. The van der Waals surface area contributed by atoms with Crippen molar-refractivity contribution in [1.29, 1.82) is 0 Å². The molecule has 5 nitrogen and oxygen atoms in total. The van der Waals surface area contributed by atoms with Crippen LogP contribution < -0.4 is 10.0 Å². The summed E-state index contributed by atoms with van der Waals surface area (Å²) < 4.78 is 90.2. The summed E-state index contributed by atoms with van der Waals surface area (Å²) in [6.45, 7) is 0. The molecule has 0 bridgehead atoms. The van der Waals surface area contributed by atoms with Gasteiger partial charge in [0, 0.05) is 5.56 Å². The SMILES string of the molecule is NP(=O)(O)Oc1ccc(C(O)(C(F)(F)F)C(F)(F)F)cc1. The van der Waals surface area contributed by atoms with E-state index in [0.29, 0.717) is 12.1 Å². The zero-order valence-electron chi connectivity index (χ0n) is 9.81. The molecule has 0 spiro atoms. The number of hydrogen-bond donors (Lipinski definition) is 3. The molecule has 21 heavy (non-hydrogen) atoms. The summed E-state index contributed by atoms with van der Waals surface area (Å²) in [7, 11) is -4.52. The second-order valence-electron chi connectivity index (χ2n) is 3.89. The van der Waals surface area contributed by atoms with E-state index >= 15 is 0 Å². The fraction of sp³-hybridized carbons (Fsp3) is 0.333. The molecule has 0 fully saturated rings. The Morgan fingerprint density at radius 3 is 1.67 bits per heavy atom. The number of aliphatic hydroxyl groups is 1. The minimum absolute atomic E-state index is 0.256. The molecular weight excluding hydrogens is 331 g/mol. The summed E-state index contributed by atoms with van der Waals surface area (Å²) in [5.74, 6) is -0.543. The van der Waals surface area contributed by atoms with Gasteiger partial charge >= 0.3 is 20.1 Å². The van der Waals surface area contributed by atoms with E-state index in [1.54, 1.807) is 0 Å². The predicted molar refractivity (Wildman–Crippen MR) is 57.1 cm³/mol. The highest BCUT2D eigenvalue weighted by molar-refractivity contribution is 7.50. The molecule has 120 valence electrons. The van der Waals surface area contributed by atoms with Crippen molar-refractivity contribution < 1.29 is 45.4 Å². The van der Waals surface area contributed by atoms with Crippen LogP contribution in [0.4, 0.5) is 26.3 Å². The van der Waals surface area contributed by atoms with Gasteiger partial charge in [-0.3, -0.25) is 0 Å². The van der Waals surface area contributed by atoms with Crippen molar-refractivity contribution in [3.8, 4) is 5.75 Å². The maximum Gasteiger partial charge on any atom is 0.453 e. The van der Waals surface area contributed by atoms with Gasteiger partial charge in [0.2, 0.25) is 0 Å². The Morgan fingerprint density at radius 2 is 1.38 bits per heavy atom. The van der Waals surface area contributed by atoms with Gasteiger partial charge in [0.25, 0.3) is 5.60 Å². The van der Waals surface area contributed by atoms with Crippen LogP contribution in [0.1, 0.15) is 5.56 Å². The van der Waals surface area contributed by atoms with Crippen molar-refractivity contribution in [2.75, 3.05) is 0 Å². The van der Waals surface area contributed by atoms with Gasteiger partial charge in [-0.2, -0.15) is 26.3 Å². The molecule has 0 heterocycles. The van der Waals surface area contributed by atoms with E-state index < -0.39 is 37.0 Å². The molecule has 0 aliphatic heterocycles. The van der Waals surface area contributed by atoms with Crippen LogP contribution in [0.25, 0.3) is 0 Å². The maximum absolute atomic E-state index is 12.6. The summed E-state index contributed by atoms with van der Waals surface area (Å²) in [6, 6.07) is 1.58. The smallest absolute Gasteiger partial charge is 0.413 e. The Bertz CT molecular complexity index is 535. The van der Waals surface area contributed by atoms with Gasteiger partial charge in [0.05, 0.1) is 0 Å². The van der Waals surface area contributed by atoms with Gasteiger partial charge < -0.3 is 14.5 Å². The minimum atomic E-state index is -6.02. The second-order valence-corrected chi connectivity index (χ2v) is 5.20. The number of hydrogen-bond acceptors (Lipinski definition) is 3. The fourth-order valence-corrected chi connectivity index (χ4v) is 1.82. The number of halogens is 6. The molecule has 0 aliphatic rings. The highest BCUT2D eigenvalue weighted by Gasteiger charge is 2.71. The fourth-order valence-electron chi connectivity index (χ4n) is 1.40. The molecule has 0 saturated carbocycles. The Labute approximate surface area is 113 Å². The van der Waals surface area contributed by atoms with E-state index in [9.17, 15) is 30.9 Å². The van der Waals surface area contributed by atoms with Gasteiger partial charge in [-0.05, 0) is 12.1 Å². The van der Waals surface area contributed by atoms with Crippen LogP contribution in [0.2, 0.25) is 0 Å². The van der Waals surface area contributed by atoms with Crippen LogP contribution in [0, 0.1) is 0 Å². The van der Waals surface area contributed by atoms with Crippen LogP contribution >= 0.6 is 7.75 Å². The number of benzene rings is 1. The van der Waals surface area contributed by atoms with Gasteiger partial charge in [-0.15, -0.1) is 0 Å². The summed E-state index contributed by atoms with van der Waals surface area (Å²) in [6.07, 6.45) is -12.0. The lowest BCUT2D eigenvalue weighted by Gasteiger charge is -2.32. The summed E-state index contributed by atoms with van der Waals surface area (Å²) in [4.78, 5) is 8.66. The van der Waals surface area contributed by atoms with E-state index in [4.69, 9.17) is 10.00 Å². The van der Waals surface area contributed by atoms with Crippen LogP contribution in [0.5, 0.6) is 5.75 Å². The van der Waals surface area contributed by atoms with Gasteiger partial charge in [0.1, 0.15) is 5.75 Å². The van der Waals surface area contributed by atoms with Gasteiger partial charge in [-0.25, -0.2) is 10.1 Å². The zero-order valence-corrected chi connectivity index (χ0v) is 10.7. The molecular formula is C9H8F6NO4P. The number of alkyl halides is 6. The van der Waals surface area contributed by atoms with Crippen molar-refractivity contribution in [1.82, 2.24) is 0 Å². The van der Waals surface area contributed by atoms with E-state index in [-0.39, 0.29) is 12.1 Å². The average molecular weight is 339 g/mol. The number of rotatable bonds is 3. The first-order valence-corrected chi connectivity index (χ1v) is 6.60. The maximum atomic E-state index is 12.6. The molecule has 1 unspecified atom stereocenters. The lowest BCUT2D eigenvalue weighted by molar-refractivity contribution is -0.376. The third kappa shape index (κ3) is 3.67. The molecule has 0 aliphatic carbocycles. The first-order valence-electron chi connectivity index (χ1n) is 4.96. The topological polar surface area (TPSA) is 92.8 Å². The lowest BCUT2D eigenvalue weighted by Crippen LogP contribution is -2.53. The lowest BCUT2D eigenvalue weighted by atomic mass is 9.92. The first kappa shape index (κ1) is 17.8. The van der Waals surface area contributed by atoms with E-state index in [0.717, 1.165) is 0 Å². The van der Waals surface area contributed by atoms with Gasteiger partial charge in [-0.1, -0.05) is 12.1 Å². The molecule has 0 amide bonds. The van der Waals surface area contributed by atoms with Crippen molar-refractivity contribution >= 4 is 7.75 Å².